The van der Waals surface area contributed by atoms with Crippen LogP contribution in [0, 0.1) is 0 Å². The third kappa shape index (κ3) is 12.9. The third-order valence-corrected chi connectivity index (χ3v) is 5.22. The number of carboxylic acid groups (broad SMARTS) is 2. The van der Waals surface area contributed by atoms with E-state index in [1.165, 1.54) is 12.5 Å². The Kier molecular flexibility index (Phi) is 13.4. The number of guanidine groups is 1. The van der Waals surface area contributed by atoms with E-state index in [1.807, 2.05) is 0 Å². The summed E-state index contributed by atoms with van der Waals surface area (Å²) in [5.41, 5.74) is 21.7. The highest BCUT2D eigenvalue weighted by Gasteiger charge is 2.31. The van der Waals surface area contributed by atoms with Crippen LogP contribution in [-0.2, 0) is 35.2 Å². The first kappa shape index (κ1) is 32.3. The monoisotopic (exact) mass is 554 g/mol. The van der Waals surface area contributed by atoms with Gasteiger partial charge in [0.05, 0.1) is 18.8 Å². The van der Waals surface area contributed by atoms with E-state index in [9.17, 15) is 33.9 Å². The summed E-state index contributed by atoms with van der Waals surface area (Å²) in [6.45, 7) is 0.0877. The van der Waals surface area contributed by atoms with Gasteiger partial charge >= 0.3 is 11.9 Å². The van der Waals surface area contributed by atoms with Crippen LogP contribution < -0.4 is 38.9 Å². The number of rotatable bonds is 18. The van der Waals surface area contributed by atoms with Crippen molar-refractivity contribution in [3.8, 4) is 0 Å². The number of carbonyl (C=O) groups is 6. The number of aromatic nitrogens is 2. The minimum atomic E-state index is -1.50. The van der Waals surface area contributed by atoms with Crippen molar-refractivity contribution >= 4 is 41.5 Å². The van der Waals surface area contributed by atoms with E-state index < -0.39 is 66.2 Å². The molecule has 0 spiro atoms. The van der Waals surface area contributed by atoms with E-state index in [0.717, 1.165) is 0 Å². The van der Waals surface area contributed by atoms with E-state index in [1.54, 1.807) is 0 Å². The second kappa shape index (κ2) is 16.2. The predicted molar refractivity (Wildman–Crippen MR) is 134 cm³/mol. The molecular formula is C21H34N10O8. The number of nitrogens with two attached hydrogens (primary N) is 4. The summed E-state index contributed by atoms with van der Waals surface area (Å²) < 4.78 is 0. The van der Waals surface area contributed by atoms with Crippen molar-refractivity contribution in [2.75, 3.05) is 6.54 Å². The van der Waals surface area contributed by atoms with Crippen molar-refractivity contribution in [2.45, 2.75) is 62.7 Å². The van der Waals surface area contributed by atoms with E-state index in [0.29, 0.717) is 5.69 Å². The topological polar surface area (TPSA) is 324 Å². The number of amides is 4. The van der Waals surface area contributed by atoms with Gasteiger partial charge in [0.25, 0.3) is 0 Å². The Hall–Kier alpha value is -4.74. The van der Waals surface area contributed by atoms with Crippen molar-refractivity contribution < 1.29 is 39.0 Å². The molecule has 39 heavy (non-hydrogen) atoms. The molecule has 0 aliphatic rings. The minimum absolute atomic E-state index is 0.0419. The van der Waals surface area contributed by atoms with E-state index >= 15 is 0 Å². The number of carboxylic acids is 2. The Morgan fingerprint density at radius 3 is 2.03 bits per heavy atom. The van der Waals surface area contributed by atoms with Gasteiger partial charge in [0.15, 0.2) is 5.96 Å². The zero-order valence-corrected chi connectivity index (χ0v) is 21.0. The second-order valence-corrected chi connectivity index (χ2v) is 8.46. The van der Waals surface area contributed by atoms with Gasteiger partial charge in [-0.05, 0) is 19.3 Å². The molecule has 1 aromatic heterocycles. The maximum atomic E-state index is 13.1. The van der Waals surface area contributed by atoms with Crippen LogP contribution in [0.1, 0.15) is 37.8 Å². The first-order valence-corrected chi connectivity index (χ1v) is 11.7. The average Bonchev–Trinajstić information content (AvgIpc) is 3.35. The van der Waals surface area contributed by atoms with E-state index in [-0.39, 0.29) is 44.6 Å². The van der Waals surface area contributed by atoms with Crippen LogP contribution in [0.4, 0.5) is 0 Å². The van der Waals surface area contributed by atoms with E-state index in [4.69, 9.17) is 28.0 Å². The fourth-order valence-corrected chi connectivity index (χ4v) is 3.25. The summed E-state index contributed by atoms with van der Waals surface area (Å²) in [7, 11) is 0. The first-order chi connectivity index (χ1) is 18.3. The van der Waals surface area contributed by atoms with Gasteiger partial charge < -0.3 is 54.1 Å². The van der Waals surface area contributed by atoms with Crippen LogP contribution in [-0.4, -0.2) is 92.4 Å². The van der Waals surface area contributed by atoms with Gasteiger partial charge in [-0.2, -0.15) is 0 Å². The molecule has 18 nitrogen and oxygen atoms in total. The maximum Gasteiger partial charge on any atom is 0.326 e. The van der Waals surface area contributed by atoms with Gasteiger partial charge in [-0.25, -0.2) is 9.78 Å². The zero-order valence-electron chi connectivity index (χ0n) is 21.0. The van der Waals surface area contributed by atoms with Crippen LogP contribution >= 0.6 is 0 Å². The summed E-state index contributed by atoms with van der Waals surface area (Å²) in [4.78, 5) is 82.6. The second-order valence-electron chi connectivity index (χ2n) is 8.46. The Bertz CT molecular complexity index is 1040. The maximum absolute atomic E-state index is 13.1. The lowest BCUT2D eigenvalue weighted by molar-refractivity contribution is -0.142. The van der Waals surface area contributed by atoms with Crippen LogP contribution in [0.5, 0.6) is 0 Å². The highest BCUT2D eigenvalue weighted by atomic mass is 16.4. The predicted octanol–water partition coefficient (Wildman–Crippen LogP) is -4.39. The van der Waals surface area contributed by atoms with Crippen LogP contribution in [0.15, 0.2) is 17.5 Å². The molecular weight excluding hydrogens is 520 g/mol. The highest BCUT2D eigenvalue weighted by molar-refractivity contribution is 5.95. The molecule has 0 saturated heterocycles. The number of imidazole rings is 1. The number of hydrogen-bond acceptors (Lipinski definition) is 9. The number of hydrogen-bond donors (Lipinski definition) is 10. The van der Waals surface area contributed by atoms with Gasteiger partial charge in [0.2, 0.25) is 23.6 Å². The Morgan fingerprint density at radius 1 is 0.923 bits per heavy atom. The number of carbonyl (C=O) groups excluding carboxylic acids is 4. The van der Waals surface area contributed by atoms with Crippen LogP contribution in [0.3, 0.4) is 0 Å². The van der Waals surface area contributed by atoms with Crippen molar-refractivity contribution in [3.05, 3.63) is 18.2 Å². The van der Waals surface area contributed by atoms with Gasteiger partial charge in [0.1, 0.15) is 18.1 Å². The fraction of sp³-hybridized carbons (Fsp3) is 0.524. The molecule has 14 N–H and O–H groups in total. The van der Waals surface area contributed by atoms with Crippen LogP contribution in [0.2, 0.25) is 0 Å². The molecule has 1 rings (SSSR count). The van der Waals surface area contributed by atoms with Gasteiger partial charge in [0, 0.05) is 31.3 Å². The summed E-state index contributed by atoms with van der Waals surface area (Å²) in [5, 5.41) is 25.4. The summed E-state index contributed by atoms with van der Waals surface area (Å²) >= 11 is 0. The Morgan fingerprint density at radius 2 is 1.51 bits per heavy atom. The van der Waals surface area contributed by atoms with Crippen molar-refractivity contribution in [1.29, 1.82) is 0 Å². The smallest absolute Gasteiger partial charge is 0.326 e. The Labute approximate surface area is 222 Å². The normalized spacial score (nSPS) is 13.7. The fourth-order valence-electron chi connectivity index (χ4n) is 3.25. The summed E-state index contributed by atoms with van der Waals surface area (Å²) in [6.07, 6.45) is 1.40. The van der Waals surface area contributed by atoms with E-state index in [2.05, 4.69) is 30.9 Å². The summed E-state index contributed by atoms with van der Waals surface area (Å²) in [5.74, 6) is -6.44. The lowest BCUT2D eigenvalue weighted by atomic mass is 10.1. The Balaban J connectivity index is 3.08. The molecule has 4 atom stereocenters. The number of nitrogens with one attached hydrogen (secondary N) is 4. The number of aromatic amines is 1. The SMILES string of the molecule is NC(=O)CCC(NC(=O)C(N)CC(=O)O)C(=O)NC(CCCN=C(N)N)C(=O)NC(Cc1cnc[nH]1)C(=O)O. The number of nitrogens with zero attached hydrogens (tertiary/aromatic N) is 2. The zero-order chi connectivity index (χ0) is 29.5. The molecule has 0 aliphatic heterocycles. The molecule has 1 aromatic rings. The summed E-state index contributed by atoms with van der Waals surface area (Å²) in [6, 6.07) is -5.60. The quantitative estimate of drug-likeness (QED) is 0.0467. The number of aliphatic imine (C=N–C) groups is 1. The molecule has 0 radical (unpaired) electrons. The average molecular weight is 555 g/mol. The van der Waals surface area contributed by atoms with Gasteiger partial charge in [-0.15, -0.1) is 0 Å². The van der Waals surface area contributed by atoms with Crippen molar-refractivity contribution in [2.24, 2.45) is 27.9 Å². The highest BCUT2D eigenvalue weighted by Crippen LogP contribution is 2.06. The number of H-pyrrole nitrogens is 1. The molecule has 18 heteroatoms. The number of aliphatic carboxylic acids is 2. The molecule has 0 saturated carbocycles. The van der Waals surface area contributed by atoms with Crippen molar-refractivity contribution in [3.63, 3.8) is 0 Å². The minimum Gasteiger partial charge on any atom is -0.481 e. The molecule has 4 unspecified atom stereocenters. The molecule has 0 aliphatic carbocycles. The first-order valence-electron chi connectivity index (χ1n) is 11.7. The molecule has 4 amide bonds. The molecule has 0 bridgehead atoms. The molecule has 0 aromatic carbocycles. The molecule has 0 fully saturated rings. The van der Waals surface area contributed by atoms with Gasteiger partial charge in [-0.3, -0.25) is 29.0 Å². The molecule has 1 heterocycles. The lowest BCUT2D eigenvalue weighted by Crippen LogP contribution is -2.57. The van der Waals surface area contributed by atoms with Crippen molar-refractivity contribution in [1.82, 2.24) is 25.9 Å². The largest absolute Gasteiger partial charge is 0.481 e. The van der Waals surface area contributed by atoms with Crippen LogP contribution in [0.25, 0.3) is 0 Å². The third-order valence-electron chi connectivity index (χ3n) is 5.22. The standard InChI is InChI=1S/C21H34N10O8/c22-11(7-16(33)34)17(35)29-13(3-4-15(23)32)19(37)30-12(2-1-5-27-21(24)25)18(36)31-14(20(38)39)6-10-8-26-9-28-10/h8-9,11-14H,1-7,22H2,(H2,23,32)(H,26,28)(H,29,35)(H,30,37)(H,31,36)(H,33,34)(H,38,39)(H4,24,25,27). The molecule has 216 valence electrons. The number of primary amides is 1. The lowest BCUT2D eigenvalue weighted by Gasteiger charge is -2.25. The van der Waals surface area contributed by atoms with Gasteiger partial charge in [-0.1, -0.05) is 0 Å².